The third-order valence-corrected chi connectivity index (χ3v) is 2.36. The number of carbonyl (C=O) groups excluding carboxylic acids is 2. The van der Waals surface area contributed by atoms with Gasteiger partial charge in [-0.25, -0.2) is 10.0 Å². The van der Waals surface area contributed by atoms with Crippen LogP contribution in [-0.2, 0) is 9.59 Å². The van der Waals surface area contributed by atoms with Gasteiger partial charge in [0.15, 0.2) is 0 Å². The van der Waals surface area contributed by atoms with Gasteiger partial charge in [0.2, 0.25) is 0 Å². The zero-order valence-electron chi connectivity index (χ0n) is 12.6. The second kappa shape index (κ2) is 7.81. The van der Waals surface area contributed by atoms with Crippen LogP contribution in [0, 0.1) is 0 Å². The van der Waals surface area contributed by atoms with E-state index in [9.17, 15) is 19.8 Å². The third-order valence-electron chi connectivity index (χ3n) is 2.36. The van der Waals surface area contributed by atoms with E-state index in [2.05, 4.69) is 13.2 Å². The van der Waals surface area contributed by atoms with Crippen molar-refractivity contribution >= 4 is 11.8 Å². The van der Waals surface area contributed by atoms with Crippen LogP contribution in [0.2, 0.25) is 0 Å². The van der Waals surface area contributed by atoms with Gasteiger partial charge < -0.3 is 10.2 Å². The molecule has 0 aliphatic carbocycles. The lowest BCUT2D eigenvalue weighted by Crippen LogP contribution is -2.54. The molecule has 2 unspecified atom stereocenters. The first-order chi connectivity index (χ1) is 9.07. The molecule has 0 rings (SSSR count). The van der Waals surface area contributed by atoms with Crippen LogP contribution in [0.25, 0.3) is 0 Å². The van der Waals surface area contributed by atoms with E-state index in [0.29, 0.717) is 0 Å². The largest absolute Gasteiger partial charge is 0.391 e. The number of hydrogen-bond acceptors (Lipinski definition) is 4. The first kappa shape index (κ1) is 18.3. The van der Waals surface area contributed by atoms with Gasteiger partial charge in [0.25, 0.3) is 11.8 Å². The lowest BCUT2D eigenvalue weighted by Gasteiger charge is -2.36. The molecule has 0 aliphatic heterocycles. The smallest absolute Gasteiger partial charge is 0.267 e. The van der Waals surface area contributed by atoms with Crippen molar-refractivity contribution in [1.82, 2.24) is 10.0 Å². The fourth-order valence-corrected chi connectivity index (χ4v) is 1.52. The maximum atomic E-state index is 12.1. The molecule has 0 aromatic carbocycles. The Morgan fingerprint density at radius 3 is 1.30 bits per heavy atom. The number of aliphatic hydroxyl groups excluding tert-OH is 2. The van der Waals surface area contributed by atoms with Crippen molar-refractivity contribution < 1.29 is 19.8 Å². The maximum Gasteiger partial charge on any atom is 0.267 e. The molecule has 0 spiro atoms. The molecule has 0 saturated carbocycles. The molecule has 0 bridgehead atoms. The Labute approximate surface area is 120 Å². The Hall–Kier alpha value is -1.66. The highest BCUT2D eigenvalue weighted by Crippen LogP contribution is 2.11. The molecule has 0 aromatic heterocycles. The number of hydrogen-bond donors (Lipinski definition) is 2. The van der Waals surface area contributed by atoms with Crippen molar-refractivity contribution in [1.29, 1.82) is 0 Å². The minimum absolute atomic E-state index is 0.0720. The average Bonchev–Trinajstić information content (AvgIpc) is 2.30. The van der Waals surface area contributed by atoms with Gasteiger partial charge in [-0.1, -0.05) is 13.2 Å². The van der Waals surface area contributed by atoms with Gasteiger partial charge >= 0.3 is 0 Å². The van der Waals surface area contributed by atoms with Crippen molar-refractivity contribution in [2.45, 2.75) is 39.9 Å². The summed E-state index contributed by atoms with van der Waals surface area (Å²) in [6, 6.07) is 0. The molecular formula is C14H24N2O4. The molecular weight excluding hydrogens is 260 g/mol. The van der Waals surface area contributed by atoms with Crippen molar-refractivity contribution in [2.24, 2.45) is 0 Å². The highest BCUT2D eigenvalue weighted by molar-refractivity contribution is 5.97. The minimum atomic E-state index is -0.826. The summed E-state index contributed by atoms with van der Waals surface area (Å²) in [4.78, 5) is 24.3. The van der Waals surface area contributed by atoms with E-state index in [1.165, 1.54) is 27.7 Å². The van der Waals surface area contributed by atoms with E-state index in [0.717, 1.165) is 10.0 Å². The predicted molar refractivity (Wildman–Crippen MR) is 76.4 cm³/mol. The number of amides is 2. The SMILES string of the molecule is C=C(C)C(=O)N(CC(C)O)N(CC(C)O)C(=O)C(=C)C. The minimum Gasteiger partial charge on any atom is -0.391 e. The van der Waals surface area contributed by atoms with Crippen molar-refractivity contribution in [2.75, 3.05) is 13.1 Å². The van der Waals surface area contributed by atoms with Crippen molar-refractivity contribution in [3.63, 3.8) is 0 Å². The van der Waals surface area contributed by atoms with Crippen molar-refractivity contribution in [3.05, 3.63) is 24.3 Å². The van der Waals surface area contributed by atoms with Crippen LogP contribution >= 0.6 is 0 Å². The Bertz CT molecular complexity index is 364. The monoisotopic (exact) mass is 284 g/mol. The zero-order valence-corrected chi connectivity index (χ0v) is 12.6. The summed E-state index contributed by atoms with van der Waals surface area (Å²) in [5, 5.41) is 21.2. The van der Waals surface area contributed by atoms with Crippen LogP contribution in [0.4, 0.5) is 0 Å². The third kappa shape index (κ3) is 5.54. The summed E-state index contributed by atoms with van der Waals surface area (Å²) in [5.41, 5.74) is 0.464. The second-order valence-corrected chi connectivity index (χ2v) is 5.03. The highest BCUT2D eigenvalue weighted by atomic mass is 16.3. The van der Waals surface area contributed by atoms with Crippen LogP contribution in [0.5, 0.6) is 0 Å². The number of rotatable bonds is 6. The van der Waals surface area contributed by atoms with E-state index in [-0.39, 0.29) is 24.2 Å². The van der Waals surface area contributed by atoms with Gasteiger partial charge in [-0.3, -0.25) is 9.59 Å². The van der Waals surface area contributed by atoms with Gasteiger partial charge in [-0.05, 0) is 27.7 Å². The van der Waals surface area contributed by atoms with Crippen LogP contribution < -0.4 is 0 Å². The lowest BCUT2D eigenvalue weighted by atomic mass is 10.2. The molecule has 2 atom stereocenters. The molecule has 0 saturated heterocycles. The van der Waals surface area contributed by atoms with Crippen molar-refractivity contribution in [3.8, 4) is 0 Å². The van der Waals surface area contributed by atoms with E-state index >= 15 is 0 Å². The number of hydrazine groups is 1. The fraction of sp³-hybridized carbons (Fsp3) is 0.571. The second-order valence-electron chi connectivity index (χ2n) is 5.03. The van der Waals surface area contributed by atoms with E-state index < -0.39 is 24.0 Å². The average molecular weight is 284 g/mol. The normalized spacial score (nSPS) is 13.3. The Morgan fingerprint density at radius 2 is 1.15 bits per heavy atom. The molecule has 0 heterocycles. The summed E-state index contributed by atoms with van der Waals surface area (Å²) >= 11 is 0. The van der Waals surface area contributed by atoms with Crippen LogP contribution in [0.3, 0.4) is 0 Å². The summed E-state index contributed by atoms with van der Waals surface area (Å²) in [7, 11) is 0. The topological polar surface area (TPSA) is 81.1 Å². The highest BCUT2D eigenvalue weighted by Gasteiger charge is 2.28. The summed E-state index contributed by atoms with van der Waals surface area (Å²) in [6.45, 7) is 13.0. The van der Waals surface area contributed by atoms with Crippen LogP contribution in [0.15, 0.2) is 24.3 Å². The fourth-order valence-electron chi connectivity index (χ4n) is 1.52. The van der Waals surface area contributed by atoms with Gasteiger partial charge in [-0.2, -0.15) is 0 Å². The van der Waals surface area contributed by atoms with Gasteiger partial charge in [0.1, 0.15) is 0 Å². The molecule has 0 fully saturated rings. The molecule has 0 aliphatic rings. The van der Waals surface area contributed by atoms with E-state index in [1.807, 2.05) is 0 Å². The summed E-state index contributed by atoms with van der Waals surface area (Å²) < 4.78 is 0. The molecule has 114 valence electrons. The maximum absolute atomic E-state index is 12.1. The van der Waals surface area contributed by atoms with Gasteiger partial charge in [0, 0.05) is 11.1 Å². The Balaban J connectivity index is 5.48. The summed E-state index contributed by atoms with van der Waals surface area (Å²) in [5.74, 6) is -0.970. The quantitative estimate of drug-likeness (QED) is 0.549. The Kier molecular flexibility index (Phi) is 7.17. The predicted octanol–water partition coefficient (Wildman–Crippen LogP) is 0.472. The molecule has 0 radical (unpaired) electrons. The van der Waals surface area contributed by atoms with Crippen LogP contribution in [0.1, 0.15) is 27.7 Å². The standard InChI is InChI=1S/C14H24N2O4/c1-9(2)13(19)15(7-11(5)17)16(8-12(6)18)14(20)10(3)4/h11-12,17-18H,1,3,7-8H2,2,4-6H3. The Morgan fingerprint density at radius 1 is 0.900 bits per heavy atom. The first-order valence-electron chi connectivity index (χ1n) is 6.38. The number of nitrogens with zero attached hydrogens (tertiary/aromatic N) is 2. The van der Waals surface area contributed by atoms with Crippen LogP contribution in [-0.4, -0.2) is 57.3 Å². The number of aliphatic hydroxyl groups is 2. The molecule has 0 aromatic rings. The molecule has 2 N–H and O–H groups in total. The first-order valence-corrected chi connectivity index (χ1v) is 6.38. The molecule has 6 heteroatoms. The summed E-state index contributed by atoms with van der Waals surface area (Å²) in [6.07, 6.45) is -1.65. The van der Waals surface area contributed by atoms with Gasteiger partial charge in [-0.15, -0.1) is 0 Å². The molecule has 20 heavy (non-hydrogen) atoms. The van der Waals surface area contributed by atoms with Gasteiger partial charge in [0.05, 0.1) is 25.3 Å². The lowest BCUT2D eigenvalue weighted by molar-refractivity contribution is -0.163. The molecule has 6 nitrogen and oxygen atoms in total. The van der Waals surface area contributed by atoms with E-state index in [4.69, 9.17) is 0 Å². The molecule has 2 amide bonds. The van der Waals surface area contributed by atoms with E-state index in [1.54, 1.807) is 0 Å². The zero-order chi connectivity index (χ0) is 16.0. The number of carbonyl (C=O) groups is 2.